The maximum absolute atomic E-state index is 14.0. The summed E-state index contributed by atoms with van der Waals surface area (Å²) in [7, 11) is -1.96. The van der Waals surface area contributed by atoms with Crippen molar-refractivity contribution < 1.29 is 27.2 Å². The van der Waals surface area contributed by atoms with E-state index in [4.69, 9.17) is 9.15 Å². The van der Waals surface area contributed by atoms with Gasteiger partial charge in [0.2, 0.25) is 21.8 Å². The number of nitrogens with one attached hydrogen (secondary N) is 2. The molecular formula is C34H37N3O6S. The average molecular weight is 616 g/mol. The Hall–Kier alpha value is -4.41. The standard InChI is InChI=1S/C34H37N3O6S/c1-42-29-16-9-27(10-17-29)24-37(32(22-26-6-3-2-4-7-26)34(39)35-23-30-8-5-21-43-30)33(38)20-13-25-11-18-31(19-12-25)44(40,41)36-28-14-15-28/h2-12,16-19,21,28,32,36H,13-15,20,22-24H2,1H3,(H,35,39)/t32-/m1/s1. The van der Waals surface area contributed by atoms with Gasteiger partial charge >= 0.3 is 0 Å². The number of methoxy groups -OCH3 is 1. The zero-order valence-electron chi connectivity index (χ0n) is 24.6. The first-order chi connectivity index (χ1) is 21.3. The topological polar surface area (TPSA) is 118 Å². The molecule has 0 spiro atoms. The number of benzene rings is 3. The second kappa shape index (κ2) is 14.4. The molecule has 1 fully saturated rings. The molecule has 0 bridgehead atoms. The van der Waals surface area contributed by atoms with Crippen LogP contribution in [0.25, 0.3) is 0 Å². The van der Waals surface area contributed by atoms with Gasteiger partial charge in [-0.25, -0.2) is 13.1 Å². The van der Waals surface area contributed by atoms with E-state index in [0.717, 1.165) is 29.5 Å². The van der Waals surface area contributed by atoms with Gasteiger partial charge < -0.3 is 19.4 Å². The summed E-state index contributed by atoms with van der Waals surface area (Å²) in [6, 6.07) is 26.4. The minimum atomic E-state index is -3.56. The highest BCUT2D eigenvalue weighted by atomic mass is 32.2. The molecule has 0 unspecified atom stereocenters. The van der Waals surface area contributed by atoms with E-state index in [2.05, 4.69) is 10.0 Å². The lowest BCUT2D eigenvalue weighted by atomic mass is 10.0. The van der Waals surface area contributed by atoms with E-state index in [0.29, 0.717) is 24.4 Å². The molecule has 1 heterocycles. The minimum Gasteiger partial charge on any atom is -0.497 e. The Morgan fingerprint density at radius 2 is 1.61 bits per heavy atom. The molecule has 1 saturated carbocycles. The molecule has 5 rings (SSSR count). The van der Waals surface area contributed by atoms with E-state index >= 15 is 0 Å². The van der Waals surface area contributed by atoms with Gasteiger partial charge in [0.05, 0.1) is 24.8 Å². The van der Waals surface area contributed by atoms with Crippen molar-refractivity contribution in [2.75, 3.05) is 7.11 Å². The smallest absolute Gasteiger partial charge is 0.243 e. The van der Waals surface area contributed by atoms with Gasteiger partial charge in [-0.15, -0.1) is 0 Å². The second-order valence-corrected chi connectivity index (χ2v) is 12.6. The van der Waals surface area contributed by atoms with Crippen LogP contribution in [0.2, 0.25) is 0 Å². The lowest BCUT2D eigenvalue weighted by molar-refractivity contribution is -0.141. The average Bonchev–Trinajstić information content (AvgIpc) is 3.69. The molecule has 1 aliphatic carbocycles. The number of carbonyl (C=O) groups excluding carboxylic acids is 2. The van der Waals surface area contributed by atoms with Crippen molar-refractivity contribution in [3.63, 3.8) is 0 Å². The van der Waals surface area contributed by atoms with E-state index in [1.165, 1.54) is 0 Å². The van der Waals surface area contributed by atoms with Crippen LogP contribution >= 0.6 is 0 Å². The SMILES string of the molecule is COc1ccc(CN(C(=O)CCc2ccc(S(=O)(=O)NC3CC3)cc2)[C@H](Cc2ccccc2)C(=O)NCc2ccco2)cc1. The van der Waals surface area contributed by atoms with Crippen LogP contribution in [-0.2, 0) is 45.5 Å². The number of ether oxygens (including phenoxy) is 1. The number of hydrogen-bond acceptors (Lipinski definition) is 6. The lowest BCUT2D eigenvalue weighted by Crippen LogP contribution is -2.50. The van der Waals surface area contributed by atoms with Gasteiger partial charge in [-0.3, -0.25) is 9.59 Å². The summed E-state index contributed by atoms with van der Waals surface area (Å²) < 4.78 is 38.5. The van der Waals surface area contributed by atoms with Crippen molar-refractivity contribution in [1.82, 2.24) is 14.9 Å². The number of carbonyl (C=O) groups is 2. The quantitative estimate of drug-likeness (QED) is 0.202. The van der Waals surface area contributed by atoms with Crippen LogP contribution in [0.5, 0.6) is 5.75 Å². The Kier molecular flexibility index (Phi) is 10.1. The highest BCUT2D eigenvalue weighted by Gasteiger charge is 2.31. The second-order valence-electron chi connectivity index (χ2n) is 10.9. The molecule has 1 aromatic heterocycles. The van der Waals surface area contributed by atoms with E-state index < -0.39 is 16.1 Å². The summed E-state index contributed by atoms with van der Waals surface area (Å²) >= 11 is 0. The van der Waals surface area contributed by atoms with E-state index in [-0.39, 0.29) is 42.3 Å². The summed E-state index contributed by atoms with van der Waals surface area (Å²) in [6.07, 6.45) is 4.12. The summed E-state index contributed by atoms with van der Waals surface area (Å²) in [5.41, 5.74) is 2.61. The predicted octanol–water partition coefficient (Wildman–Crippen LogP) is 4.62. The van der Waals surface area contributed by atoms with Crippen LogP contribution in [0.4, 0.5) is 0 Å². The highest BCUT2D eigenvalue weighted by Crippen LogP contribution is 2.23. The molecule has 0 saturated heterocycles. The van der Waals surface area contributed by atoms with E-state index in [1.807, 2.05) is 54.6 Å². The first-order valence-corrected chi connectivity index (χ1v) is 16.2. The number of rotatable bonds is 15. The number of hydrogen-bond donors (Lipinski definition) is 2. The highest BCUT2D eigenvalue weighted by molar-refractivity contribution is 7.89. The fraction of sp³-hybridized carbons (Fsp3) is 0.294. The third kappa shape index (κ3) is 8.58. The van der Waals surface area contributed by atoms with E-state index in [1.54, 1.807) is 54.7 Å². The summed E-state index contributed by atoms with van der Waals surface area (Å²) in [6.45, 7) is 0.422. The molecule has 0 aliphatic heterocycles. The first kappa shape index (κ1) is 31.0. The normalized spacial score (nSPS) is 13.7. The molecular weight excluding hydrogens is 578 g/mol. The van der Waals surface area contributed by atoms with Gasteiger partial charge in [0, 0.05) is 25.4 Å². The maximum Gasteiger partial charge on any atom is 0.243 e. The third-order valence-electron chi connectivity index (χ3n) is 7.56. The Morgan fingerprint density at radius 1 is 0.909 bits per heavy atom. The van der Waals surface area contributed by atoms with Crippen molar-refractivity contribution in [2.45, 2.75) is 62.2 Å². The van der Waals surface area contributed by atoms with Crippen LogP contribution in [0.15, 0.2) is 107 Å². The predicted molar refractivity (Wildman–Crippen MR) is 166 cm³/mol. The molecule has 9 nitrogen and oxygen atoms in total. The fourth-order valence-electron chi connectivity index (χ4n) is 4.91. The van der Waals surface area contributed by atoms with Crippen LogP contribution in [0, 0.1) is 0 Å². The van der Waals surface area contributed by atoms with Crippen molar-refractivity contribution in [2.24, 2.45) is 0 Å². The summed E-state index contributed by atoms with van der Waals surface area (Å²) in [4.78, 5) is 29.5. The largest absolute Gasteiger partial charge is 0.497 e. The number of aryl methyl sites for hydroxylation is 1. The summed E-state index contributed by atoms with van der Waals surface area (Å²) in [5.74, 6) is 0.830. The fourth-order valence-corrected chi connectivity index (χ4v) is 6.21. The van der Waals surface area contributed by atoms with Crippen molar-refractivity contribution in [3.8, 4) is 5.75 Å². The molecule has 44 heavy (non-hydrogen) atoms. The molecule has 2 N–H and O–H groups in total. The van der Waals surface area contributed by atoms with Gasteiger partial charge in [0.15, 0.2) is 0 Å². The van der Waals surface area contributed by atoms with E-state index in [9.17, 15) is 18.0 Å². The van der Waals surface area contributed by atoms with Gasteiger partial charge in [0.25, 0.3) is 0 Å². The van der Waals surface area contributed by atoms with Gasteiger partial charge in [-0.2, -0.15) is 0 Å². The maximum atomic E-state index is 14.0. The van der Waals surface area contributed by atoms with Crippen LogP contribution in [-0.4, -0.2) is 44.3 Å². The number of furan rings is 1. The molecule has 2 amide bonds. The zero-order chi connectivity index (χ0) is 30.9. The minimum absolute atomic E-state index is 0.0223. The van der Waals surface area contributed by atoms with Crippen LogP contribution in [0.3, 0.4) is 0 Å². The Bertz CT molecular complexity index is 1620. The zero-order valence-corrected chi connectivity index (χ0v) is 25.5. The van der Waals surface area contributed by atoms with Gasteiger partial charge in [-0.1, -0.05) is 54.6 Å². The van der Waals surface area contributed by atoms with Crippen LogP contribution in [0.1, 0.15) is 41.7 Å². The molecule has 10 heteroatoms. The first-order valence-electron chi connectivity index (χ1n) is 14.7. The van der Waals surface area contributed by atoms with Crippen molar-refractivity contribution >= 4 is 21.8 Å². The third-order valence-corrected chi connectivity index (χ3v) is 9.10. The Labute approximate surface area is 258 Å². The van der Waals surface area contributed by atoms with Gasteiger partial charge in [-0.05, 0) is 72.4 Å². The molecule has 1 aliphatic rings. The Balaban J connectivity index is 1.36. The molecule has 1 atom stereocenters. The number of amides is 2. The molecule has 0 radical (unpaired) electrons. The number of nitrogens with zero attached hydrogens (tertiary/aromatic N) is 1. The summed E-state index contributed by atoms with van der Waals surface area (Å²) in [5, 5.41) is 2.95. The molecule has 4 aromatic rings. The molecule has 3 aromatic carbocycles. The monoisotopic (exact) mass is 615 g/mol. The van der Waals surface area contributed by atoms with Crippen LogP contribution < -0.4 is 14.8 Å². The Morgan fingerprint density at radius 3 is 2.25 bits per heavy atom. The lowest BCUT2D eigenvalue weighted by Gasteiger charge is -2.31. The van der Waals surface area contributed by atoms with Crippen molar-refractivity contribution in [1.29, 1.82) is 0 Å². The van der Waals surface area contributed by atoms with Crippen molar-refractivity contribution in [3.05, 3.63) is 120 Å². The molecule has 230 valence electrons. The number of sulfonamides is 1. The van der Waals surface area contributed by atoms with Gasteiger partial charge in [0.1, 0.15) is 17.6 Å².